The van der Waals surface area contributed by atoms with Crippen molar-refractivity contribution in [3.05, 3.63) is 28.5 Å². The van der Waals surface area contributed by atoms with Crippen molar-refractivity contribution in [2.75, 3.05) is 0 Å². The molecule has 2 nitrogen and oxygen atoms in total. The van der Waals surface area contributed by atoms with Crippen LogP contribution in [0.3, 0.4) is 0 Å². The third kappa shape index (κ3) is 2.34. The minimum Gasteiger partial charge on any atom is -0.308 e. The number of rotatable bonds is 3. The van der Waals surface area contributed by atoms with Crippen molar-refractivity contribution in [2.45, 2.75) is 32.4 Å². The van der Waals surface area contributed by atoms with Crippen LogP contribution in [-0.4, -0.2) is 11.0 Å². The van der Waals surface area contributed by atoms with Gasteiger partial charge < -0.3 is 5.32 Å². The topological polar surface area (TPSA) is 24.9 Å². The second kappa shape index (κ2) is 4.41. The molecule has 1 aromatic heterocycles. The van der Waals surface area contributed by atoms with E-state index in [9.17, 15) is 0 Å². The van der Waals surface area contributed by atoms with Crippen molar-refractivity contribution in [1.82, 2.24) is 10.3 Å². The van der Waals surface area contributed by atoms with Crippen LogP contribution >= 0.6 is 15.9 Å². The minimum atomic E-state index is 0.707. The Morgan fingerprint density at radius 1 is 1.57 bits per heavy atom. The standard InChI is InChI=1S/C11H15BrN2/c1-8-5-9(6-8)14-7-11-10(12)3-2-4-13-11/h2-4,8-9,14H,5-7H2,1H3. The number of halogens is 1. The summed E-state index contributed by atoms with van der Waals surface area (Å²) in [5.41, 5.74) is 1.10. The molecule has 14 heavy (non-hydrogen) atoms. The van der Waals surface area contributed by atoms with Crippen LogP contribution in [0.4, 0.5) is 0 Å². The number of aromatic nitrogens is 1. The maximum atomic E-state index is 4.32. The number of nitrogens with one attached hydrogen (secondary N) is 1. The first kappa shape index (κ1) is 10.1. The van der Waals surface area contributed by atoms with E-state index in [2.05, 4.69) is 33.2 Å². The highest BCUT2D eigenvalue weighted by Crippen LogP contribution is 2.26. The van der Waals surface area contributed by atoms with Crippen LogP contribution in [0, 0.1) is 5.92 Å². The summed E-state index contributed by atoms with van der Waals surface area (Å²) in [6, 6.07) is 4.69. The number of nitrogens with zero attached hydrogens (tertiary/aromatic N) is 1. The van der Waals surface area contributed by atoms with Crippen molar-refractivity contribution < 1.29 is 0 Å². The van der Waals surface area contributed by atoms with Gasteiger partial charge in [-0.25, -0.2) is 0 Å². The van der Waals surface area contributed by atoms with E-state index in [-0.39, 0.29) is 0 Å². The average molecular weight is 255 g/mol. The Morgan fingerprint density at radius 3 is 3.00 bits per heavy atom. The van der Waals surface area contributed by atoms with E-state index in [1.807, 2.05) is 18.3 Å². The lowest BCUT2D eigenvalue weighted by molar-refractivity contribution is 0.239. The van der Waals surface area contributed by atoms with E-state index in [0.29, 0.717) is 6.04 Å². The van der Waals surface area contributed by atoms with Gasteiger partial charge in [-0.2, -0.15) is 0 Å². The fourth-order valence-electron chi connectivity index (χ4n) is 1.86. The second-order valence-electron chi connectivity index (χ2n) is 4.09. The van der Waals surface area contributed by atoms with Gasteiger partial charge in [0.05, 0.1) is 5.69 Å². The van der Waals surface area contributed by atoms with E-state index in [0.717, 1.165) is 22.6 Å². The minimum absolute atomic E-state index is 0.707. The van der Waals surface area contributed by atoms with Gasteiger partial charge in [-0.3, -0.25) is 4.98 Å². The molecule has 1 N–H and O–H groups in total. The molecule has 1 aromatic rings. The fraction of sp³-hybridized carbons (Fsp3) is 0.545. The molecule has 1 fully saturated rings. The first-order valence-electron chi connectivity index (χ1n) is 5.08. The molecule has 76 valence electrons. The predicted molar refractivity (Wildman–Crippen MR) is 61.0 cm³/mol. The average Bonchev–Trinajstić information content (AvgIpc) is 2.13. The fourth-order valence-corrected chi connectivity index (χ4v) is 2.25. The monoisotopic (exact) mass is 254 g/mol. The highest BCUT2D eigenvalue weighted by molar-refractivity contribution is 9.10. The first-order valence-corrected chi connectivity index (χ1v) is 5.88. The molecule has 1 aliphatic carbocycles. The first-order chi connectivity index (χ1) is 6.75. The summed E-state index contributed by atoms with van der Waals surface area (Å²) in [5, 5.41) is 3.51. The molecule has 0 bridgehead atoms. The van der Waals surface area contributed by atoms with Gasteiger partial charge >= 0.3 is 0 Å². The molecular weight excluding hydrogens is 240 g/mol. The number of pyridine rings is 1. The van der Waals surface area contributed by atoms with E-state index < -0.39 is 0 Å². The molecule has 0 aromatic carbocycles. The van der Waals surface area contributed by atoms with Crippen molar-refractivity contribution >= 4 is 15.9 Å². The molecule has 0 radical (unpaired) electrons. The highest BCUT2D eigenvalue weighted by atomic mass is 79.9. The Morgan fingerprint density at radius 2 is 2.36 bits per heavy atom. The molecular formula is C11H15BrN2. The van der Waals surface area contributed by atoms with Crippen molar-refractivity contribution in [1.29, 1.82) is 0 Å². The van der Waals surface area contributed by atoms with Gasteiger partial charge in [0.1, 0.15) is 0 Å². The van der Waals surface area contributed by atoms with Crippen LogP contribution in [0.15, 0.2) is 22.8 Å². The lowest BCUT2D eigenvalue weighted by Gasteiger charge is -2.33. The lowest BCUT2D eigenvalue weighted by Crippen LogP contribution is -2.39. The number of hydrogen-bond acceptors (Lipinski definition) is 2. The summed E-state index contributed by atoms with van der Waals surface area (Å²) in [5.74, 6) is 0.902. The Kier molecular flexibility index (Phi) is 3.19. The Hall–Kier alpha value is -0.410. The quantitative estimate of drug-likeness (QED) is 0.898. The molecule has 0 aliphatic heterocycles. The molecule has 1 aliphatic rings. The Balaban J connectivity index is 1.83. The van der Waals surface area contributed by atoms with Crippen molar-refractivity contribution in [2.24, 2.45) is 5.92 Å². The summed E-state index contributed by atoms with van der Waals surface area (Å²) < 4.78 is 1.10. The lowest BCUT2D eigenvalue weighted by atomic mass is 9.82. The molecule has 0 saturated heterocycles. The molecule has 0 amide bonds. The van der Waals surface area contributed by atoms with Gasteiger partial charge in [-0.05, 0) is 46.8 Å². The van der Waals surface area contributed by atoms with E-state index >= 15 is 0 Å². The highest BCUT2D eigenvalue weighted by Gasteiger charge is 2.24. The van der Waals surface area contributed by atoms with Gasteiger partial charge in [0.2, 0.25) is 0 Å². The van der Waals surface area contributed by atoms with Crippen molar-refractivity contribution in [3.8, 4) is 0 Å². The van der Waals surface area contributed by atoms with Crippen molar-refractivity contribution in [3.63, 3.8) is 0 Å². The predicted octanol–water partition coefficient (Wildman–Crippen LogP) is 2.73. The van der Waals surface area contributed by atoms with E-state index in [1.165, 1.54) is 12.8 Å². The summed E-state index contributed by atoms with van der Waals surface area (Å²) >= 11 is 3.50. The maximum Gasteiger partial charge on any atom is 0.0683 e. The molecule has 0 unspecified atom stereocenters. The summed E-state index contributed by atoms with van der Waals surface area (Å²) in [7, 11) is 0. The zero-order valence-electron chi connectivity index (χ0n) is 8.33. The van der Waals surface area contributed by atoms with Crippen LogP contribution in [0.1, 0.15) is 25.5 Å². The largest absolute Gasteiger partial charge is 0.308 e. The summed E-state index contributed by atoms with van der Waals surface area (Å²) in [6.07, 6.45) is 4.46. The zero-order chi connectivity index (χ0) is 9.97. The Labute approximate surface area is 93.3 Å². The molecule has 3 heteroatoms. The summed E-state index contributed by atoms with van der Waals surface area (Å²) in [4.78, 5) is 4.32. The molecule has 0 atom stereocenters. The molecule has 2 rings (SSSR count). The zero-order valence-corrected chi connectivity index (χ0v) is 9.92. The van der Waals surface area contributed by atoms with E-state index in [1.54, 1.807) is 0 Å². The van der Waals surface area contributed by atoms with Gasteiger partial charge in [0, 0.05) is 23.3 Å². The molecule has 1 saturated carbocycles. The smallest absolute Gasteiger partial charge is 0.0683 e. The third-order valence-electron chi connectivity index (χ3n) is 2.77. The summed E-state index contributed by atoms with van der Waals surface area (Å²) in [6.45, 7) is 3.17. The Bertz CT molecular complexity index is 308. The van der Waals surface area contributed by atoms with Crippen LogP contribution < -0.4 is 5.32 Å². The van der Waals surface area contributed by atoms with Gasteiger partial charge in [-0.15, -0.1) is 0 Å². The molecule has 0 spiro atoms. The van der Waals surface area contributed by atoms with Gasteiger partial charge in [0.25, 0.3) is 0 Å². The van der Waals surface area contributed by atoms with Crippen LogP contribution in [0.5, 0.6) is 0 Å². The van der Waals surface area contributed by atoms with E-state index in [4.69, 9.17) is 0 Å². The SMILES string of the molecule is CC1CC(NCc2ncccc2Br)C1. The van der Waals surface area contributed by atoms with Crippen LogP contribution in [0.25, 0.3) is 0 Å². The van der Waals surface area contributed by atoms with Gasteiger partial charge in [-0.1, -0.05) is 6.92 Å². The van der Waals surface area contributed by atoms with Gasteiger partial charge in [0.15, 0.2) is 0 Å². The second-order valence-corrected chi connectivity index (χ2v) is 4.94. The van der Waals surface area contributed by atoms with Crippen LogP contribution in [-0.2, 0) is 6.54 Å². The number of hydrogen-bond donors (Lipinski definition) is 1. The molecule has 1 heterocycles. The third-order valence-corrected chi connectivity index (χ3v) is 3.49. The van der Waals surface area contributed by atoms with Crippen LogP contribution in [0.2, 0.25) is 0 Å². The maximum absolute atomic E-state index is 4.32. The normalized spacial score (nSPS) is 25.9.